The molecule has 0 saturated carbocycles. The van der Waals surface area contributed by atoms with Gasteiger partial charge in [0.05, 0.1) is 6.10 Å². The minimum absolute atomic E-state index is 0.00379. The molecule has 1 rings (SSSR count). The number of nitrogens with zero attached hydrogens (tertiary/aromatic N) is 2. The minimum Gasteiger partial charge on any atom is -0.473 e. The molecular formula is C14H26N4O2. The highest BCUT2D eigenvalue weighted by molar-refractivity contribution is 5.66. The van der Waals surface area contributed by atoms with E-state index in [4.69, 9.17) is 10.5 Å². The normalized spacial score (nSPS) is 13.3. The first kappa shape index (κ1) is 16.5. The molecular weight excluding hydrogens is 256 g/mol. The average Bonchev–Trinajstić information content (AvgIpc) is 2.31. The van der Waals surface area contributed by atoms with E-state index in [2.05, 4.69) is 36.1 Å². The molecule has 0 amide bonds. The van der Waals surface area contributed by atoms with Gasteiger partial charge in [0.15, 0.2) is 5.82 Å². The fraction of sp³-hybridized carbons (Fsp3) is 0.714. The molecule has 20 heavy (non-hydrogen) atoms. The summed E-state index contributed by atoms with van der Waals surface area (Å²) in [5.41, 5.74) is 6.41. The van der Waals surface area contributed by atoms with E-state index in [0.717, 1.165) is 0 Å². The predicted octanol–water partition coefficient (Wildman–Crippen LogP) is 2.05. The monoisotopic (exact) mass is 282 g/mol. The van der Waals surface area contributed by atoms with Gasteiger partial charge in [-0.25, -0.2) is 4.98 Å². The number of ether oxygens (including phenoxy) is 1. The topological polar surface area (TPSA) is 93.3 Å². The van der Waals surface area contributed by atoms with E-state index in [1.54, 1.807) is 0 Å². The van der Waals surface area contributed by atoms with Crippen LogP contribution < -0.4 is 15.8 Å². The lowest BCUT2D eigenvalue weighted by atomic mass is 9.85. The molecule has 0 bridgehead atoms. The van der Waals surface area contributed by atoms with Gasteiger partial charge in [-0.2, -0.15) is 4.98 Å². The first-order valence-corrected chi connectivity index (χ1v) is 6.90. The first-order valence-electron chi connectivity index (χ1n) is 6.90. The second kappa shape index (κ2) is 6.74. The van der Waals surface area contributed by atoms with Gasteiger partial charge in [0.1, 0.15) is 12.0 Å². The second-order valence-corrected chi connectivity index (χ2v) is 6.18. The van der Waals surface area contributed by atoms with Gasteiger partial charge in [0.25, 0.3) is 0 Å². The summed E-state index contributed by atoms with van der Waals surface area (Å²) in [5, 5.41) is 12.5. The zero-order chi connectivity index (χ0) is 15.3. The van der Waals surface area contributed by atoms with Gasteiger partial charge >= 0.3 is 0 Å². The van der Waals surface area contributed by atoms with Crippen LogP contribution in [0.3, 0.4) is 0 Å². The standard InChI is InChI=1S/C14H26N4O2/c1-9(2)20-13-11(15)12(16-8-17-13)18-10(6-7-19)14(3,4)5/h8-10,19H,6-7,15H2,1-5H3,(H,16,17,18). The molecule has 0 aliphatic heterocycles. The Kier molecular flexibility index (Phi) is 5.56. The van der Waals surface area contributed by atoms with Crippen LogP contribution in [0, 0.1) is 5.41 Å². The molecule has 0 fully saturated rings. The van der Waals surface area contributed by atoms with Crippen LogP contribution >= 0.6 is 0 Å². The summed E-state index contributed by atoms with van der Waals surface area (Å²) in [4.78, 5) is 8.22. The number of aromatic nitrogens is 2. The molecule has 114 valence electrons. The number of anilines is 2. The maximum absolute atomic E-state index is 9.19. The van der Waals surface area contributed by atoms with Crippen molar-refractivity contribution in [3.63, 3.8) is 0 Å². The van der Waals surface area contributed by atoms with Crippen molar-refractivity contribution in [2.75, 3.05) is 17.7 Å². The molecule has 0 aromatic carbocycles. The Labute approximate surface area is 120 Å². The number of aliphatic hydroxyl groups excluding tert-OH is 1. The lowest BCUT2D eigenvalue weighted by Crippen LogP contribution is -2.35. The summed E-state index contributed by atoms with van der Waals surface area (Å²) < 4.78 is 5.55. The quantitative estimate of drug-likeness (QED) is 0.739. The predicted molar refractivity (Wildman–Crippen MR) is 80.8 cm³/mol. The number of nitrogens with one attached hydrogen (secondary N) is 1. The number of rotatable bonds is 6. The Hall–Kier alpha value is -1.56. The summed E-state index contributed by atoms with van der Waals surface area (Å²) in [7, 11) is 0. The van der Waals surface area contributed by atoms with Crippen LogP contribution in [0.4, 0.5) is 11.5 Å². The van der Waals surface area contributed by atoms with Crippen molar-refractivity contribution in [1.29, 1.82) is 0 Å². The van der Waals surface area contributed by atoms with E-state index in [0.29, 0.717) is 23.8 Å². The molecule has 1 unspecified atom stereocenters. The van der Waals surface area contributed by atoms with Gasteiger partial charge in [-0.3, -0.25) is 0 Å². The summed E-state index contributed by atoms with van der Waals surface area (Å²) in [6.45, 7) is 10.2. The van der Waals surface area contributed by atoms with Crippen molar-refractivity contribution < 1.29 is 9.84 Å². The Balaban J connectivity index is 2.96. The smallest absolute Gasteiger partial charge is 0.242 e. The third kappa shape index (κ3) is 4.52. The van der Waals surface area contributed by atoms with Gasteiger partial charge in [-0.1, -0.05) is 20.8 Å². The zero-order valence-corrected chi connectivity index (χ0v) is 13.0. The van der Waals surface area contributed by atoms with Crippen LogP contribution in [-0.4, -0.2) is 33.8 Å². The Morgan fingerprint density at radius 3 is 2.50 bits per heavy atom. The fourth-order valence-electron chi connectivity index (χ4n) is 1.83. The number of nitrogen functional groups attached to an aromatic ring is 1. The summed E-state index contributed by atoms with van der Waals surface area (Å²) in [6, 6.07) is 0.0524. The SMILES string of the molecule is CC(C)Oc1ncnc(NC(CCO)C(C)(C)C)c1N. The maximum atomic E-state index is 9.19. The molecule has 6 nitrogen and oxygen atoms in total. The molecule has 0 aliphatic carbocycles. The molecule has 0 radical (unpaired) electrons. The van der Waals surface area contributed by atoms with Crippen molar-refractivity contribution in [1.82, 2.24) is 9.97 Å². The van der Waals surface area contributed by atoms with Crippen LogP contribution in [0.5, 0.6) is 5.88 Å². The summed E-state index contributed by atoms with van der Waals surface area (Å²) in [5.74, 6) is 0.929. The lowest BCUT2D eigenvalue weighted by molar-refractivity contribution is 0.232. The minimum atomic E-state index is -0.0286. The molecule has 6 heteroatoms. The molecule has 0 saturated heterocycles. The van der Waals surface area contributed by atoms with Crippen LogP contribution in [0.1, 0.15) is 41.0 Å². The molecule has 1 heterocycles. The van der Waals surface area contributed by atoms with Crippen LogP contribution in [0.15, 0.2) is 6.33 Å². The van der Waals surface area contributed by atoms with Crippen LogP contribution in [0.25, 0.3) is 0 Å². The van der Waals surface area contributed by atoms with Crippen molar-refractivity contribution in [3.8, 4) is 5.88 Å². The Bertz CT molecular complexity index is 430. The Morgan fingerprint density at radius 1 is 1.35 bits per heavy atom. The first-order chi connectivity index (χ1) is 9.25. The van der Waals surface area contributed by atoms with E-state index in [9.17, 15) is 5.11 Å². The van der Waals surface area contributed by atoms with Gasteiger partial charge in [0.2, 0.25) is 5.88 Å². The van der Waals surface area contributed by atoms with E-state index < -0.39 is 0 Å². The van der Waals surface area contributed by atoms with Crippen LogP contribution in [-0.2, 0) is 0 Å². The Morgan fingerprint density at radius 2 is 2.00 bits per heavy atom. The highest BCUT2D eigenvalue weighted by atomic mass is 16.5. The maximum Gasteiger partial charge on any atom is 0.242 e. The van der Waals surface area contributed by atoms with Crippen molar-refractivity contribution in [2.24, 2.45) is 5.41 Å². The molecule has 0 spiro atoms. The molecule has 1 atom stereocenters. The number of aliphatic hydroxyl groups is 1. The highest BCUT2D eigenvalue weighted by Gasteiger charge is 2.25. The third-order valence-corrected chi connectivity index (χ3v) is 2.97. The number of nitrogens with two attached hydrogens (primary N) is 1. The molecule has 1 aromatic rings. The largest absolute Gasteiger partial charge is 0.473 e. The van der Waals surface area contributed by atoms with Gasteiger partial charge in [-0.15, -0.1) is 0 Å². The van der Waals surface area contributed by atoms with Crippen molar-refractivity contribution >= 4 is 11.5 Å². The average molecular weight is 282 g/mol. The molecule has 4 N–H and O–H groups in total. The number of hydrogen-bond acceptors (Lipinski definition) is 6. The van der Waals surface area contributed by atoms with Gasteiger partial charge < -0.3 is 20.9 Å². The zero-order valence-electron chi connectivity index (χ0n) is 13.0. The third-order valence-electron chi connectivity index (χ3n) is 2.97. The van der Waals surface area contributed by atoms with E-state index in [-0.39, 0.29) is 24.2 Å². The molecule has 0 aliphatic rings. The van der Waals surface area contributed by atoms with E-state index in [1.165, 1.54) is 6.33 Å². The number of hydrogen-bond donors (Lipinski definition) is 3. The molecule has 1 aromatic heterocycles. The van der Waals surface area contributed by atoms with E-state index >= 15 is 0 Å². The van der Waals surface area contributed by atoms with E-state index in [1.807, 2.05) is 13.8 Å². The van der Waals surface area contributed by atoms with Crippen molar-refractivity contribution in [3.05, 3.63) is 6.33 Å². The van der Waals surface area contributed by atoms with Crippen LogP contribution in [0.2, 0.25) is 0 Å². The van der Waals surface area contributed by atoms with Crippen molar-refractivity contribution in [2.45, 2.75) is 53.2 Å². The summed E-state index contributed by atoms with van der Waals surface area (Å²) >= 11 is 0. The lowest BCUT2D eigenvalue weighted by Gasteiger charge is -2.32. The summed E-state index contributed by atoms with van der Waals surface area (Å²) in [6.07, 6.45) is 2.04. The van der Waals surface area contributed by atoms with Gasteiger partial charge in [-0.05, 0) is 25.7 Å². The highest BCUT2D eigenvalue weighted by Crippen LogP contribution is 2.30. The van der Waals surface area contributed by atoms with Gasteiger partial charge in [0, 0.05) is 12.6 Å². The second-order valence-electron chi connectivity index (χ2n) is 6.18. The fourth-order valence-corrected chi connectivity index (χ4v) is 1.83.